The summed E-state index contributed by atoms with van der Waals surface area (Å²) in [5, 5.41) is 21.0. The van der Waals surface area contributed by atoms with Crippen LogP contribution in [0.5, 0.6) is 11.5 Å². The lowest BCUT2D eigenvalue weighted by Crippen LogP contribution is -2.33. The maximum Gasteiger partial charge on any atom is 0.294 e. The molecule has 0 spiro atoms. The van der Waals surface area contributed by atoms with Crippen molar-refractivity contribution in [3.05, 3.63) is 12.1 Å². The van der Waals surface area contributed by atoms with Gasteiger partial charge in [-0.15, -0.1) is 0 Å². The molecule has 2 heterocycles. The van der Waals surface area contributed by atoms with E-state index in [1.807, 2.05) is 0 Å². The van der Waals surface area contributed by atoms with Gasteiger partial charge in [-0.2, -0.15) is 0 Å². The molecule has 0 unspecified atom stereocenters. The molecule has 21 heavy (non-hydrogen) atoms. The lowest BCUT2D eigenvalue weighted by atomic mass is 10.2. The topological polar surface area (TPSA) is 115 Å². The first-order chi connectivity index (χ1) is 10.0. The first kappa shape index (κ1) is 13.2. The highest BCUT2D eigenvalue weighted by Gasteiger charge is 2.42. The van der Waals surface area contributed by atoms with Crippen LogP contribution in [0, 0.1) is 5.41 Å². The number of hydrazine groups is 1. The number of phenols is 1. The maximum absolute atomic E-state index is 12.2. The number of nitrogen functional groups attached to an aromatic ring is 1. The molecule has 0 radical (unpaired) electrons. The number of hydrogen-bond donors (Lipinski definition) is 3. The summed E-state index contributed by atoms with van der Waals surface area (Å²) in [6.07, 6.45) is 0.836. The van der Waals surface area contributed by atoms with Crippen LogP contribution in [0.4, 0.5) is 11.4 Å². The number of phenolic OH excluding ortho intramolecular Hbond substituents is 1. The molecular weight excluding hydrogens is 274 g/mol. The predicted octanol–water partition coefficient (Wildman–Crippen LogP) is 0.496. The molecule has 2 fully saturated rings. The molecule has 3 rings (SSSR count). The molecule has 1 aromatic rings. The Hall–Kier alpha value is -2.77. The third-order valence-corrected chi connectivity index (χ3v) is 3.51. The van der Waals surface area contributed by atoms with E-state index >= 15 is 0 Å². The zero-order valence-electron chi connectivity index (χ0n) is 11.5. The van der Waals surface area contributed by atoms with Crippen LogP contribution in [0.1, 0.15) is 6.42 Å². The van der Waals surface area contributed by atoms with Crippen molar-refractivity contribution in [3.8, 4) is 11.5 Å². The van der Waals surface area contributed by atoms with E-state index in [4.69, 9.17) is 15.9 Å². The number of methoxy groups -OCH3 is 1. The Bertz CT molecular complexity index is 646. The number of amides is 1. The van der Waals surface area contributed by atoms with Gasteiger partial charge >= 0.3 is 0 Å². The van der Waals surface area contributed by atoms with Gasteiger partial charge in [0.15, 0.2) is 11.5 Å². The minimum absolute atomic E-state index is 0.0109. The molecule has 2 aliphatic heterocycles. The van der Waals surface area contributed by atoms with E-state index in [2.05, 4.69) is 4.99 Å². The Labute approximate surface area is 120 Å². The third-order valence-electron chi connectivity index (χ3n) is 3.51. The number of anilines is 1. The Morgan fingerprint density at radius 1 is 1.38 bits per heavy atom. The normalized spacial score (nSPS) is 19.6. The number of carbonyl (C=O) groups is 1. The number of carbonyl (C=O) groups excluding carboxylic acids is 1. The van der Waals surface area contributed by atoms with Crippen molar-refractivity contribution in [1.82, 2.24) is 10.0 Å². The molecule has 1 amide bonds. The van der Waals surface area contributed by atoms with Crippen LogP contribution in [-0.4, -0.2) is 52.8 Å². The zero-order chi connectivity index (χ0) is 15.1. The quantitative estimate of drug-likeness (QED) is 0.685. The van der Waals surface area contributed by atoms with Crippen LogP contribution in [0.25, 0.3) is 0 Å². The number of nitrogens with one attached hydrogen (secondary N) is 1. The smallest absolute Gasteiger partial charge is 0.294 e. The first-order valence-electron chi connectivity index (χ1n) is 6.46. The lowest BCUT2D eigenvalue weighted by Gasteiger charge is -2.17. The van der Waals surface area contributed by atoms with Crippen LogP contribution in [0.3, 0.4) is 0 Å². The SMILES string of the molecule is COc1cc(N=C2C(=N)N3CCCN3C2=O)c(O)cc1N. The fraction of sp³-hybridized carbons (Fsp3) is 0.308. The summed E-state index contributed by atoms with van der Waals surface area (Å²) in [4.78, 5) is 16.3. The number of ether oxygens (including phenoxy) is 1. The van der Waals surface area contributed by atoms with Crippen molar-refractivity contribution in [2.75, 3.05) is 25.9 Å². The summed E-state index contributed by atoms with van der Waals surface area (Å²) in [6.45, 7) is 1.21. The number of rotatable bonds is 2. The fourth-order valence-electron chi connectivity index (χ4n) is 2.46. The van der Waals surface area contributed by atoms with Gasteiger partial charge in [-0.3, -0.25) is 15.2 Å². The van der Waals surface area contributed by atoms with Gasteiger partial charge < -0.3 is 15.6 Å². The highest BCUT2D eigenvalue weighted by Crippen LogP contribution is 2.36. The van der Waals surface area contributed by atoms with Gasteiger partial charge in [0.1, 0.15) is 17.2 Å². The molecule has 8 heteroatoms. The van der Waals surface area contributed by atoms with Gasteiger partial charge in [0, 0.05) is 25.2 Å². The molecule has 1 aromatic carbocycles. The second kappa shape index (κ2) is 4.65. The van der Waals surface area contributed by atoms with Crippen molar-refractivity contribution >= 4 is 28.8 Å². The van der Waals surface area contributed by atoms with Crippen molar-refractivity contribution in [3.63, 3.8) is 0 Å². The first-order valence-corrected chi connectivity index (χ1v) is 6.46. The Morgan fingerprint density at radius 2 is 2.10 bits per heavy atom. The number of benzene rings is 1. The van der Waals surface area contributed by atoms with E-state index < -0.39 is 0 Å². The number of aliphatic imine (C=N–C) groups is 1. The molecule has 0 aliphatic carbocycles. The molecule has 0 bridgehead atoms. The molecule has 2 aliphatic rings. The van der Waals surface area contributed by atoms with Crippen LogP contribution in [-0.2, 0) is 4.79 Å². The standard InChI is InChI=1S/C13H15N5O3/c1-21-10-6-8(9(19)5-7(10)14)16-11-12(15)17-3-2-4-18(17)13(11)20/h5-6,15,19H,2-4,14H2,1H3. The van der Waals surface area contributed by atoms with Gasteiger partial charge in [0.25, 0.3) is 5.91 Å². The summed E-state index contributed by atoms with van der Waals surface area (Å²) in [7, 11) is 1.45. The minimum atomic E-state index is -0.326. The molecule has 4 N–H and O–H groups in total. The van der Waals surface area contributed by atoms with Gasteiger partial charge in [-0.1, -0.05) is 0 Å². The highest BCUT2D eigenvalue weighted by molar-refractivity contribution is 6.68. The number of nitrogens with two attached hydrogens (primary N) is 1. The number of aromatic hydroxyl groups is 1. The minimum Gasteiger partial charge on any atom is -0.506 e. The van der Waals surface area contributed by atoms with Crippen molar-refractivity contribution < 1.29 is 14.6 Å². The Balaban J connectivity index is 2.03. The van der Waals surface area contributed by atoms with Crippen molar-refractivity contribution in [2.45, 2.75) is 6.42 Å². The molecule has 2 saturated heterocycles. The van der Waals surface area contributed by atoms with Gasteiger partial charge in [0.05, 0.1) is 12.8 Å². The number of fused-ring (bicyclic) bond motifs is 1. The van der Waals surface area contributed by atoms with E-state index in [0.29, 0.717) is 18.8 Å². The van der Waals surface area contributed by atoms with Gasteiger partial charge in [-0.25, -0.2) is 10.0 Å². The zero-order valence-corrected chi connectivity index (χ0v) is 11.5. The van der Waals surface area contributed by atoms with E-state index in [1.165, 1.54) is 24.3 Å². The predicted molar refractivity (Wildman–Crippen MR) is 76.9 cm³/mol. The summed E-state index contributed by atoms with van der Waals surface area (Å²) in [5.41, 5.74) is 6.11. The van der Waals surface area contributed by atoms with E-state index in [0.717, 1.165) is 6.42 Å². The summed E-state index contributed by atoms with van der Waals surface area (Å²) in [6, 6.07) is 2.75. The maximum atomic E-state index is 12.2. The monoisotopic (exact) mass is 289 g/mol. The number of amidine groups is 1. The van der Waals surface area contributed by atoms with Crippen LogP contribution in [0.2, 0.25) is 0 Å². The molecule has 0 atom stereocenters. The fourth-order valence-corrected chi connectivity index (χ4v) is 2.46. The van der Waals surface area contributed by atoms with Crippen LogP contribution in [0.15, 0.2) is 17.1 Å². The molecular formula is C13H15N5O3. The van der Waals surface area contributed by atoms with Crippen LogP contribution >= 0.6 is 0 Å². The van der Waals surface area contributed by atoms with Crippen molar-refractivity contribution in [2.24, 2.45) is 4.99 Å². The number of nitrogens with zero attached hydrogens (tertiary/aromatic N) is 3. The molecule has 8 nitrogen and oxygen atoms in total. The summed E-state index contributed by atoms with van der Waals surface area (Å²) < 4.78 is 5.07. The highest BCUT2D eigenvalue weighted by atomic mass is 16.5. The van der Waals surface area contributed by atoms with Gasteiger partial charge in [-0.05, 0) is 6.42 Å². The molecule has 0 saturated carbocycles. The largest absolute Gasteiger partial charge is 0.506 e. The average molecular weight is 289 g/mol. The second-order valence-corrected chi connectivity index (χ2v) is 4.80. The van der Waals surface area contributed by atoms with E-state index in [9.17, 15) is 9.90 Å². The Kier molecular flexibility index (Phi) is 2.93. The Morgan fingerprint density at radius 3 is 2.76 bits per heavy atom. The molecule has 110 valence electrons. The third kappa shape index (κ3) is 1.95. The second-order valence-electron chi connectivity index (χ2n) is 4.80. The van der Waals surface area contributed by atoms with E-state index in [1.54, 1.807) is 5.01 Å². The van der Waals surface area contributed by atoms with Crippen LogP contribution < -0.4 is 10.5 Å². The van der Waals surface area contributed by atoms with E-state index in [-0.39, 0.29) is 34.6 Å². The van der Waals surface area contributed by atoms with Gasteiger partial charge in [0.2, 0.25) is 0 Å². The van der Waals surface area contributed by atoms with Crippen molar-refractivity contribution in [1.29, 1.82) is 5.41 Å². The summed E-state index contributed by atoms with van der Waals surface area (Å²) in [5.74, 6) is -0.0891. The lowest BCUT2D eigenvalue weighted by molar-refractivity contribution is -0.129. The number of hydrogen-bond acceptors (Lipinski definition) is 6. The average Bonchev–Trinajstić information content (AvgIpc) is 3.01. The summed E-state index contributed by atoms with van der Waals surface area (Å²) >= 11 is 0. The molecule has 0 aromatic heterocycles.